The first-order valence-electron chi connectivity index (χ1n) is 4.29. The van der Waals surface area contributed by atoms with Crippen LogP contribution in [0.25, 0.3) is 10.2 Å². The van der Waals surface area contributed by atoms with Crippen molar-refractivity contribution in [1.29, 1.82) is 0 Å². The summed E-state index contributed by atoms with van der Waals surface area (Å²) in [4.78, 5) is 4.36. The van der Waals surface area contributed by atoms with Crippen molar-refractivity contribution < 1.29 is 4.74 Å². The number of nitrogens with zero attached hydrogens (tertiary/aromatic N) is 1. The zero-order chi connectivity index (χ0) is 9.26. The Morgan fingerprint density at radius 2 is 2.31 bits per heavy atom. The molecule has 0 atom stereocenters. The highest BCUT2D eigenvalue weighted by Crippen LogP contribution is 2.27. The largest absolute Gasteiger partial charge is 0.470 e. The summed E-state index contributed by atoms with van der Waals surface area (Å²) < 4.78 is 6.53. The van der Waals surface area contributed by atoms with Crippen LogP contribution in [0.1, 0.15) is 12.5 Å². The summed E-state index contributed by atoms with van der Waals surface area (Å²) in [5, 5.41) is 0.767. The van der Waals surface area contributed by atoms with Crippen LogP contribution < -0.4 is 4.74 Å². The van der Waals surface area contributed by atoms with Crippen LogP contribution in [0.4, 0.5) is 0 Å². The summed E-state index contributed by atoms with van der Waals surface area (Å²) in [5.41, 5.74) is 2.27. The van der Waals surface area contributed by atoms with Crippen LogP contribution in [0.15, 0.2) is 18.2 Å². The van der Waals surface area contributed by atoms with E-state index < -0.39 is 0 Å². The fraction of sp³-hybridized carbons (Fsp3) is 0.300. The van der Waals surface area contributed by atoms with Crippen molar-refractivity contribution in [3.05, 3.63) is 23.8 Å². The second-order valence-electron chi connectivity index (χ2n) is 2.88. The van der Waals surface area contributed by atoms with Crippen LogP contribution in [0.2, 0.25) is 0 Å². The number of aromatic nitrogens is 1. The Morgan fingerprint density at radius 1 is 1.46 bits per heavy atom. The van der Waals surface area contributed by atoms with Crippen molar-refractivity contribution >= 4 is 21.6 Å². The first kappa shape index (κ1) is 8.51. The van der Waals surface area contributed by atoms with Crippen molar-refractivity contribution in [3.63, 3.8) is 0 Å². The van der Waals surface area contributed by atoms with Crippen LogP contribution in [0, 0.1) is 6.92 Å². The molecule has 13 heavy (non-hydrogen) atoms. The standard InChI is InChI=1S/C10H11NOS/c1-3-12-10-11-8-6-7(2)4-5-9(8)13-10/h4-6H,3H2,1-2H3. The van der Waals surface area contributed by atoms with Gasteiger partial charge in [-0.1, -0.05) is 17.4 Å². The van der Waals surface area contributed by atoms with Crippen molar-refractivity contribution in [1.82, 2.24) is 4.98 Å². The van der Waals surface area contributed by atoms with Crippen LogP contribution >= 0.6 is 11.3 Å². The SMILES string of the molecule is CCOc1nc2cc(C)ccc2s1. The Bertz CT molecular complexity index is 422. The lowest BCUT2D eigenvalue weighted by molar-refractivity contribution is 0.339. The second kappa shape index (κ2) is 3.34. The topological polar surface area (TPSA) is 22.1 Å². The van der Waals surface area contributed by atoms with Gasteiger partial charge in [0.2, 0.25) is 0 Å². The Labute approximate surface area is 81.2 Å². The lowest BCUT2D eigenvalue weighted by Gasteiger charge is -1.92. The van der Waals surface area contributed by atoms with Gasteiger partial charge in [0.25, 0.3) is 5.19 Å². The fourth-order valence-corrected chi connectivity index (χ4v) is 2.06. The molecular formula is C10H11NOS. The smallest absolute Gasteiger partial charge is 0.274 e. The van der Waals surface area contributed by atoms with Gasteiger partial charge in [-0.15, -0.1) is 0 Å². The molecule has 0 unspecified atom stereocenters. The number of benzene rings is 1. The molecule has 1 heterocycles. The van der Waals surface area contributed by atoms with E-state index in [1.165, 1.54) is 10.3 Å². The molecule has 1 aromatic carbocycles. The van der Waals surface area contributed by atoms with Gasteiger partial charge in [0, 0.05) is 0 Å². The predicted molar refractivity (Wildman–Crippen MR) is 55.5 cm³/mol. The molecule has 0 saturated carbocycles. The average molecular weight is 193 g/mol. The van der Waals surface area contributed by atoms with Gasteiger partial charge in [0.05, 0.1) is 16.8 Å². The van der Waals surface area contributed by atoms with Crippen molar-refractivity contribution in [2.75, 3.05) is 6.61 Å². The molecule has 0 amide bonds. The molecule has 0 saturated heterocycles. The van der Waals surface area contributed by atoms with Gasteiger partial charge < -0.3 is 4.74 Å². The second-order valence-corrected chi connectivity index (χ2v) is 3.88. The zero-order valence-corrected chi connectivity index (χ0v) is 8.52. The van der Waals surface area contributed by atoms with Crippen LogP contribution in [-0.2, 0) is 0 Å². The molecule has 2 aromatic rings. The number of rotatable bonds is 2. The van der Waals surface area contributed by atoms with E-state index in [0.717, 1.165) is 10.7 Å². The Morgan fingerprint density at radius 3 is 3.08 bits per heavy atom. The van der Waals surface area contributed by atoms with E-state index >= 15 is 0 Å². The molecule has 2 nitrogen and oxygen atoms in total. The summed E-state index contributed by atoms with van der Waals surface area (Å²) in [7, 11) is 0. The highest BCUT2D eigenvalue weighted by Gasteiger charge is 2.03. The number of fused-ring (bicyclic) bond motifs is 1. The van der Waals surface area contributed by atoms with Crippen LogP contribution in [0.3, 0.4) is 0 Å². The van der Waals surface area contributed by atoms with Gasteiger partial charge in [-0.05, 0) is 31.5 Å². The van der Waals surface area contributed by atoms with E-state index in [9.17, 15) is 0 Å². The Kier molecular flexibility index (Phi) is 2.19. The van der Waals surface area contributed by atoms with Crippen LogP contribution in [-0.4, -0.2) is 11.6 Å². The minimum absolute atomic E-state index is 0.679. The number of hydrogen-bond donors (Lipinski definition) is 0. The van der Waals surface area contributed by atoms with Gasteiger partial charge in [0.15, 0.2) is 0 Å². The third kappa shape index (κ3) is 1.65. The van der Waals surface area contributed by atoms with Gasteiger partial charge in [-0.25, -0.2) is 4.98 Å². The highest BCUT2D eigenvalue weighted by molar-refractivity contribution is 7.20. The summed E-state index contributed by atoms with van der Waals surface area (Å²) in [6, 6.07) is 6.26. The van der Waals surface area contributed by atoms with Crippen molar-refractivity contribution in [2.45, 2.75) is 13.8 Å². The summed E-state index contributed by atoms with van der Waals surface area (Å²) in [5.74, 6) is 0. The van der Waals surface area contributed by atoms with E-state index in [1.807, 2.05) is 6.92 Å². The molecule has 3 heteroatoms. The number of hydrogen-bond acceptors (Lipinski definition) is 3. The first-order valence-corrected chi connectivity index (χ1v) is 5.11. The molecule has 1 aromatic heterocycles. The van der Waals surface area contributed by atoms with Gasteiger partial charge in [0.1, 0.15) is 0 Å². The molecule has 0 aliphatic carbocycles. The van der Waals surface area contributed by atoms with Gasteiger partial charge in [-0.3, -0.25) is 0 Å². The maximum atomic E-state index is 5.34. The van der Waals surface area contributed by atoms with E-state index in [2.05, 4.69) is 30.1 Å². The fourth-order valence-electron chi connectivity index (χ4n) is 1.20. The molecular weight excluding hydrogens is 182 g/mol. The van der Waals surface area contributed by atoms with Crippen molar-refractivity contribution in [2.24, 2.45) is 0 Å². The molecule has 68 valence electrons. The van der Waals surface area contributed by atoms with Crippen LogP contribution in [0.5, 0.6) is 5.19 Å². The molecule has 0 spiro atoms. The molecule has 0 aliphatic heterocycles. The number of ether oxygens (including phenoxy) is 1. The first-order chi connectivity index (χ1) is 6.29. The Balaban J connectivity index is 2.49. The number of thiazole rings is 1. The molecule has 0 radical (unpaired) electrons. The number of aryl methyl sites for hydroxylation is 1. The highest BCUT2D eigenvalue weighted by atomic mass is 32.1. The third-order valence-corrected chi connectivity index (χ3v) is 2.74. The van der Waals surface area contributed by atoms with Gasteiger partial charge in [-0.2, -0.15) is 0 Å². The summed E-state index contributed by atoms with van der Waals surface area (Å²) in [6.45, 7) is 4.72. The quantitative estimate of drug-likeness (QED) is 0.731. The molecule has 0 fully saturated rings. The van der Waals surface area contributed by atoms with E-state index in [-0.39, 0.29) is 0 Å². The lowest BCUT2D eigenvalue weighted by atomic mass is 10.2. The normalized spacial score (nSPS) is 10.6. The van der Waals surface area contributed by atoms with Gasteiger partial charge >= 0.3 is 0 Å². The average Bonchev–Trinajstić information content (AvgIpc) is 2.46. The maximum Gasteiger partial charge on any atom is 0.274 e. The predicted octanol–water partition coefficient (Wildman–Crippen LogP) is 3.00. The van der Waals surface area contributed by atoms with E-state index in [4.69, 9.17) is 4.74 Å². The zero-order valence-electron chi connectivity index (χ0n) is 7.70. The van der Waals surface area contributed by atoms with E-state index in [0.29, 0.717) is 6.61 Å². The summed E-state index contributed by atoms with van der Waals surface area (Å²) in [6.07, 6.45) is 0. The monoisotopic (exact) mass is 193 g/mol. The minimum atomic E-state index is 0.679. The molecule has 0 aliphatic rings. The summed E-state index contributed by atoms with van der Waals surface area (Å²) >= 11 is 1.60. The molecule has 0 bridgehead atoms. The minimum Gasteiger partial charge on any atom is -0.470 e. The van der Waals surface area contributed by atoms with E-state index in [1.54, 1.807) is 11.3 Å². The Hall–Kier alpha value is -1.09. The lowest BCUT2D eigenvalue weighted by Crippen LogP contribution is -1.89. The third-order valence-electron chi connectivity index (χ3n) is 1.79. The maximum absolute atomic E-state index is 5.34. The molecule has 0 N–H and O–H groups in total. The van der Waals surface area contributed by atoms with Crippen molar-refractivity contribution in [3.8, 4) is 5.19 Å². The molecule has 2 rings (SSSR count).